The third kappa shape index (κ3) is 2.55. The maximum absolute atomic E-state index is 12.1. The number of rotatable bonds is 3. The Balaban J connectivity index is 2.60. The van der Waals surface area contributed by atoms with Gasteiger partial charge in [0.25, 0.3) is 0 Å². The molecule has 1 aliphatic rings. The first-order valence-corrected chi connectivity index (χ1v) is 5.40. The van der Waals surface area contributed by atoms with Crippen molar-refractivity contribution >= 4 is 5.78 Å². The molecule has 1 atom stereocenters. The molecule has 1 fully saturated rings. The zero-order chi connectivity index (χ0) is 10.8. The Kier molecular flexibility index (Phi) is 3.67. The van der Waals surface area contributed by atoms with Crippen LogP contribution in [-0.4, -0.2) is 37.4 Å². The van der Waals surface area contributed by atoms with Crippen molar-refractivity contribution in [2.45, 2.75) is 26.7 Å². The van der Waals surface area contributed by atoms with Crippen LogP contribution in [0.2, 0.25) is 0 Å². The molecule has 0 spiro atoms. The molecule has 2 N–H and O–H groups in total. The smallest absolute Gasteiger partial charge is 0.144 e. The summed E-state index contributed by atoms with van der Waals surface area (Å²) in [4.78, 5) is 14.3. The highest BCUT2D eigenvalue weighted by atomic mass is 16.1. The number of ketones is 1. The molecule has 3 nitrogen and oxygen atoms in total. The van der Waals surface area contributed by atoms with Crippen LogP contribution in [-0.2, 0) is 4.79 Å². The van der Waals surface area contributed by atoms with E-state index in [2.05, 4.69) is 11.9 Å². The van der Waals surface area contributed by atoms with Crippen molar-refractivity contribution in [2.24, 2.45) is 17.1 Å². The lowest BCUT2D eigenvalue weighted by Gasteiger charge is -2.33. The van der Waals surface area contributed by atoms with E-state index in [1.807, 2.05) is 13.8 Å². The minimum absolute atomic E-state index is 0.201. The average molecular weight is 198 g/mol. The van der Waals surface area contributed by atoms with Crippen LogP contribution >= 0.6 is 0 Å². The number of hydrogen-bond donors (Lipinski definition) is 1. The van der Waals surface area contributed by atoms with Gasteiger partial charge in [0.15, 0.2) is 0 Å². The normalized spacial score (nSPS) is 25.0. The number of carbonyl (C=O) groups is 1. The molecular formula is C11H22N2O. The van der Waals surface area contributed by atoms with Gasteiger partial charge in [0.2, 0.25) is 0 Å². The number of nitrogens with zero attached hydrogens (tertiary/aromatic N) is 1. The zero-order valence-corrected chi connectivity index (χ0v) is 9.55. The second kappa shape index (κ2) is 4.41. The Labute approximate surface area is 86.6 Å². The van der Waals surface area contributed by atoms with Gasteiger partial charge in [-0.1, -0.05) is 13.8 Å². The monoisotopic (exact) mass is 198 g/mol. The summed E-state index contributed by atoms with van der Waals surface area (Å²) < 4.78 is 0. The Hall–Kier alpha value is -0.410. The SMILES string of the molecule is CN1CCCC(C(=O)C(C)(C)CN)C1. The summed E-state index contributed by atoms with van der Waals surface area (Å²) in [5.41, 5.74) is 5.27. The van der Waals surface area contributed by atoms with Gasteiger partial charge in [-0.15, -0.1) is 0 Å². The van der Waals surface area contributed by atoms with Crippen molar-refractivity contribution in [1.29, 1.82) is 0 Å². The van der Waals surface area contributed by atoms with Gasteiger partial charge in [-0.25, -0.2) is 0 Å². The predicted octanol–water partition coefficient (Wildman–Crippen LogP) is 0.882. The van der Waals surface area contributed by atoms with Gasteiger partial charge in [0.1, 0.15) is 5.78 Å². The third-order valence-corrected chi connectivity index (χ3v) is 3.17. The highest BCUT2D eigenvalue weighted by Crippen LogP contribution is 2.25. The molecule has 0 saturated carbocycles. The third-order valence-electron chi connectivity index (χ3n) is 3.17. The Morgan fingerprint density at radius 3 is 2.71 bits per heavy atom. The van der Waals surface area contributed by atoms with Crippen LogP contribution in [0.15, 0.2) is 0 Å². The van der Waals surface area contributed by atoms with E-state index in [9.17, 15) is 4.79 Å². The van der Waals surface area contributed by atoms with E-state index in [1.54, 1.807) is 0 Å². The van der Waals surface area contributed by atoms with Crippen molar-refractivity contribution in [1.82, 2.24) is 4.90 Å². The Bertz CT molecular complexity index is 213. The van der Waals surface area contributed by atoms with Crippen molar-refractivity contribution in [3.05, 3.63) is 0 Å². The largest absolute Gasteiger partial charge is 0.329 e. The minimum atomic E-state index is -0.344. The lowest BCUT2D eigenvalue weighted by molar-refractivity contribution is -0.132. The molecule has 1 heterocycles. The first-order valence-electron chi connectivity index (χ1n) is 5.40. The predicted molar refractivity (Wildman–Crippen MR) is 58.1 cm³/mol. The lowest BCUT2D eigenvalue weighted by Crippen LogP contribution is -2.43. The molecule has 1 aliphatic heterocycles. The molecule has 0 aliphatic carbocycles. The summed E-state index contributed by atoms with van der Waals surface area (Å²) in [6.45, 7) is 6.37. The van der Waals surface area contributed by atoms with E-state index in [0.717, 1.165) is 25.9 Å². The van der Waals surface area contributed by atoms with E-state index in [-0.39, 0.29) is 11.3 Å². The van der Waals surface area contributed by atoms with E-state index in [0.29, 0.717) is 12.3 Å². The number of carbonyl (C=O) groups excluding carboxylic acids is 1. The minimum Gasteiger partial charge on any atom is -0.329 e. The van der Waals surface area contributed by atoms with Gasteiger partial charge < -0.3 is 10.6 Å². The maximum atomic E-state index is 12.1. The molecule has 0 amide bonds. The van der Waals surface area contributed by atoms with Crippen LogP contribution < -0.4 is 5.73 Å². The molecule has 1 rings (SSSR count). The summed E-state index contributed by atoms with van der Waals surface area (Å²) in [5, 5.41) is 0. The van der Waals surface area contributed by atoms with Crippen molar-refractivity contribution in [3.8, 4) is 0 Å². The van der Waals surface area contributed by atoms with Crippen LogP contribution in [0.1, 0.15) is 26.7 Å². The molecule has 14 heavy (non-hydrogen) atoms. The number of likely N-dealkylation sites (tertiary alicyclic amines) is 1. The number of nitrogens with two attached hydrogens (primary N) is 1. The summed E-state index contributed by atoms with van der Waals surface area (Å²) >= 11 is 0. The molecule has 0 aromatic heterocycles. The first kappa shape index (κ1) is 11.7. The summed E-state index contributed by atoms with van der Waals surface area (Å²) in [5.74, 6) is 0.541. The second-order valence-corrected chi connectivity index (χ2v) is 5.05. The number of hydrogen-bond acceptors (Lipinski definition) is 3. The maximum Gasteiger partial charge on any atom is 0.144 e. The second-order valence-electron chi connectivity index (χ2n) is 5.05. The van der Waals surface area contributed by atoms with Crippen LogP contribution in [0.3, 0.4) is 0 Å². The van der Waals surface area contributed by atoms with E-state index >= 15 is 0 Å². The van der Waals surface area contributed by atoms with Gasteiger partial charge in [0, 0.05) is 24.4 Å². The highest BCUT2D eigenvalue weighted by molar-refractivity contribution is 5.86. The highest BCUT2D eigenvalue weighted by Gasteiger charge is 2.34. The van der Waals surface area contributed by atoms with E-state index < -0.39 is 0 Å². The van der Waals surface area contributed by atoms with Gasteiger partial charge >= 0.3 is 0 Å². The summed E-state index contributed by atoms with van der Waals surface area (Å²) in [7, 11) is 2.08. The standard InChI is InChI=1S/C11H22N2O/c1-11(2,8-12)10(14)9-5-4-6-13(3)7-9/h9H,4-8,12H2,1-3H3. The van der Waals surface area contributed by atoms with Crippen molar-refractivity contribution < 1.29 is 4.79 Å². The van der Waals surface area contributed by atoms with Crippen LogP contribution in [0.25, 0.3) is 0 Å². The van der Waals surface area contributed by atoms with Crippen molar-refractivity contribution in [3.63, 3.8) is 0 Å². The van der Waals surface area contributed by atoms with Gasteiger partial charge in [-0.3, -0.25) is 4.79 Å². The van der Waals surface area contributed by atoms with Crippen molar-refractivity contribution in [2.75, 3.05) is 26.7 Å². The molecule has 0 aromatic rings. The molecule has 0 aromatic carbocycles. The Morgan fingerprint density at radius 1 is 1.57 bits per heavy atom. The van der Waals surface area contributed by atoms with Gasteiger partial charge in [0.05, 0.1) is 0 Å². The summed E-state index contributed by atoms with van der Waals surface area (Å²) in [6, 6.07) is 0. The molecule has 3 heteroatoms. The molecule has 1 unspecified atom stereocenters. The fourth-order valence-electron chi connectivity index (χ4n) is 2.03. The van der Waals surface area contributed by atoms with Gasteiger partial charge in [-0.2, -0.15) is 0 Å². The quantitative estimate of drug-likeness (QED) is 0.732. The molecule has 82 valence electrons. The topological polar surface area (TPSA) is 46.3 Å². The molecule has 0 bridgehead atoms. The molecule has 1 saturated heterocycles. The van der Waals surface area contributed by atoms with Gasteiger partial charge in [-0.05, 0) is 26.4 Å². The Morgan fingerprint density at radius 2 is 2.21 bits per heavy atom. The lowest BCUT2D eigenvalue weighted by atomic mass is 9.78. The number of piperidine rings is 1. The fraction of sp³-hybridized carbons (Fsp3) is 0.909. The van der Waals surface area contributed by atoms with E-state index in [4.69, 9.17) is 5.73 Å². The molecule has 0 radical (unpaired) electrons. The van der Waals surface area contributed by atoms with Crippen LogP contribution in [0, 0.1) is 11.3 Å². The zero-order valence-electron chi connectivity index (χ0n) is 9.55. The van der Waals surface area contributed by atoms with E-state index in [1.165, 1.54) is 0 Å². The first-order chi connectivity index (χ1) is 6.47. The fourth-order valence-corrected chi connectivity index (χ4v) is 2.03. The molecular weight excluding hydrogens is 176 g/mol. The van der Waals surface area contributed by atoms with Crippen LogP contribution in [0.5, 0.6) is 0 Å². The number of Topliss-reactive ketones (excluding diaryl/α,β-unsaturated/α-hetero) is 1. The average Bonchev–Trinajstić information content (AvgIpc) is 2.16. The summed E-state index contributed by atoms with van der Waals surface area (Å²) in [6.07, 6.45) is 2.17. The van der Waals surface area contributed by atoms with Crippen LogP contribution in [0.4, 0.5) is 0 Å².